The van der Waals surface area contributed by atoms with Crippen LogP contribution in [-0.2, 0) is 0 Å². The minimum atomic E-state index is 0.542. The highest BCUT2D eigenvalue weighted by atomic mass is 15.4. The summed E-state index contributed by atoms with van der Waals surface area (Å²) >= 11 is 0. The summed E-state index contributed by atoms with van der Waals surface area (Å²) in [6.45, 7) is 1.18. The highest BCUT2D eigenvalue weighted by Gasteiger charge is 2.35. The maximum Gasteiger partial charge on any atom is 0.178 e. The number of nitrogens with zero attached hydrogens (tertiary/aromatic N) is 6. The van der Waals surface area contributed by atoms with Gasteiger partial charge in [-0.1, -0.05) is 176 Å². The van der Waals surface area contributed by atoms with Gasteiger partial charge < -0.3 is 19.6 Å². The first-order chi connectivity index (χ1) is 29.8. The standard InChI is InChI=1S/C54H40N6/c1-5-18-39(19-6-1)45-28-16-29-46(40-20-7-2-8-21-40)51(45)59-37-57(49-32-13-14-33-50(49)59)43-26-15-27-44(36-43)58-38-60(54-53(58)55-34-35-56-54)52-47(41-22-9-3-10-23-41)30-17-31-48(52)42-24-11-4-12-25-42/h1-36H,37-38H2. The van der Waals surface area contributed by atoms with Gasteiger partial charge in [-0.3, -0.25) is 0 Å². The van der Waals surface area contributed by atoms with E-state index in [1.165, 1.54) is 27.9 Å². The molecule has 6 nitrogen and oxygen atoms in total. The van der Waals surface area contributed by atoms with Crippen molar-refractivity contribution in [3.8, 4) is 44.5 Å². The fraction of sp³-hybridized carbons (Fsp3) is 0.0370. The number of aromatic nitrogens is 2. The molecule has 1 aromatic heterocycles. The summed E-state index contributed by atoms with van der Waals surface area (Å²) in [6, 6.07) is 73.6. The van der Waals surface area contributed by atoms with E-state index in [0.29, 0.717) is 13.3 Å². The molecule has 0 radical (unpaired) electrons. The van der Waals surface area contributed by atoms with Gasteiger partial charge in [0.15, 0.2) is 11.6 Å². The molecule has 286 valence electrons. The van der Waals surface area contributed by atoms with Gasteiger partial charge in [0.25, 0.3) is 0 Å². The summed E-state index contributed by atoms with van der Waals surface area (Å²) in [5.74, 6) is 1.65. The third-order valence-electron chi connectivity index (χ3n) is 11.6. The van der Waals surface area contributed by atoms with Crippen molar-refractivity contribution in [1.29, 1.82) is 0 Å². The zero-order valence-electron chi connectivity index (χ0n) is 32.9. The number of para-hydroxylation sites is 4. The van der Waals surface area contributed by atoms with Gasteiger partial charge in [0.05, 0.1) is 22.7 Å². The van der Waals surface area contributed by atoms with Gasteiger partial charge in [0, 0.05) is 46.0 Å². The van der Waals surface area contributed by atoms with Crippen LogP contribution in [0.4, 0.5) is 45.8 Å². The van der Waals surface area contributed by atoms with Crippen LogP contribution in [0.15, 0.2) is 219 Å². The molecule has 9 aromatic rings. The summed E-state index contributed by atoms with van der Waals surface area (Å²) < 4.78 is 0. The van der Waals surface area contributed by atoms with Crippen molar-refractivity contribution in [3.05, 3.63) is 219 Å². The second kappa shape index (κ2) is 15.1. The van der Waals surface area contributed by atoms with Crippen molar-refractivity contribution in [1.82, 2.24) is 9.97 Å². The molecule has 0 bridgehead atoms. The van der Waals surface area contributed by atoms with E-state index in [1.54, 1.807) is 12.4 Å². The Balaban J connectivity index is 1.01. The van der Waals surface area contributed by atoms with E-state index in [-0.39, 0.29) is 0 Å². The van der Waals surface area contributed by atoms with Gasteiger partial charge in [0.2, 0.25) is 0 Å². The van der Waals surface area contributed by atoms with Crippen LogP contribution >= 0.6 is 0 Å². The highest BCUT2D eigenvalue weighted by Crippen LogP contribution is 2.52. The third-order valence-corrected chi connectivity index (χ3v) is 11.6. The lowest BCUT2D eigenvalue weighted by Crippen LogP contribution is -2.26. The van der Waals surface area contributed by atoms with Crippen molar-refractivity contribution in [3.63, 3.8) is 0 Å². The van der Waals surface area contributed by atoms with Crippen molar-refractivity contribution < 1.29 is 0 Å². The number of rotatable bonds is 8. The van der Waals surface area contributed by atoms with Crippen LogP contribution in [0.25, 0.3) is 44.5 Å². The molecule has 3 heterocycles. The van der Waals surface area contributed by atoms with E-state index >= 15 is 0 Å². The molecule has 2 aliphatic rings. The van der Waals surface area contributed by atoms with Gasteiger partial charge in [0.1, 0.15) is 13.3 Å². The van der Waals surface area contributed by atoms with E-state index in [1.807, 2.05) is 0 Å². The van der Waals surface area contributed by atoms with Crippen LogP contribution in [0.5, 0.6) is 0 Å². The van der Waals surface area contributed by atoms with Crippen molar-refractivity contribution in [2.75, 3.05) is 32.9 Å². The summed E-state index contributed by atoms with van der Waals surface area (Å²) in [7, 11) is 0. The molecule has 8 aromatic carbocycles. The molecule has 0 N–H and O–H groups in total. The Labute approximate surface area is 350 Å². The van der Waals surface area contributed by atoms with Crippen LogP contribution in [0, 0.1) is 0 Å². The molecule has 0 amide bonds. The first-order valence-electron chi connectivity index (χ1n) is 20.4. The monoisotopic (exact) mass is 772 g/mol. The third kappa shape index (κ3) is 6.14. The molecule has 2 aliphatic heterocycles. The summed E-state index contributed by atoms with van der Waals surface area (Å²) in [5, 5.41) is 0. The number of hydrogen-bond donors (Lipinski definition) is 0. The zero-order valence-corrected chi connectivity index (χ0v) is 32.9. The minimum absolute atomic E-state index is 0.542. The summed E-state index contributed by atoms with van der Waals surface area (Å²) in [4.78, 5) is 19.5. The van der Waals surface area contributed by atoms with Gasteiger partial charge >= 0.3 is 0 Å². The Bertz CT molecular complexity index is 2640. The molecule has 6 heteroatoms. The molecular weight excluding hydrogens is 733 g/mol. The van der Waals surface area contributed by atoms with Crippen LogP contribution in [0.2, 0.25) is 0 Å². The molecule has 0 unspecified atom stereocenters. The van der Waals surface area contributed by atoms with Crippen LogP contribution in [0.3, 0.4) is 0 Å². The van der Waals surface area contributed by atoms with Gasteiger partial charge in [-0.25, -0.2) is 9.97 Å². The first-order valence-corrected chi connectivity index (χ1v) is 20.4. The van der Waals surface area contributed by atoms with E-state index in [4.69, 9.17) is 9.97 Å². The summed E-state index contributed by atoms with van der Waals surface area (Å²) in [6.07, 6.45) is 3.59. The van der Waals surface area contributed by atoms with Crippen molar-refractivity contribution in [2.24, 2.45) is 0 Å². The van der Waals surface area contributed by atoms with E-state index in [0.717, 1.165) is 62.3 Å². The van der Waals surface area contributed by atoms with Gasteiger partial charge in [-0.05, 0) is 52.6 Å². The lowest BCUT2D eigenvalue weighted by molar-refractivity contribution is 0.970. The average Bonchev–Trinajstić information content (AvgIpc) is 3.92. The number of benzene rings is 8. The normalized spacial score (nSPS) is 13.1. The van der Waals surface area contributed by atoms with Gasteiger partial charge in [-0.15, -0.1) is 0 Å². The Morgan fingerprint density at radius 1 is 0.300 bits per heavy atom. The number of anilines is 8. The fourth-order valence-corrected chi connectivity index (χ4v) is 8.89. The lowest BCUT2D eigenvalue weighted by atomic mass is 9.95. The van der Waals surface area contributed by atoms with Crippen LogP contribution in [0.1, 0.15) is 0 Å². The quantitative estimate of drug-likeness (QED) is 0.153. The Hall–Kier alpha value is -7.96. The maximum absolute atomic E-state index is 5.01. The van der Waals surface area contributed by atoms with Crippen LogP contribution in [-0.4, -0.2) is 23.3 Å². The molecule has 0 saturated carbocycles. The van der Waals surface area contributed by atoms with E-state index in [2.05, 4.69) is 226 Å². The largest absolute Gasteiger partial charge is 0.321 e. The maximum atomic E-state index is 5.01. The topological polar surface area (TPSA) is 38.7 Å². The SMILES string of the molecule is c1ccc(-c2cccc(-c3ccccc3)c2N2CN(c3cccc(N4CN(c5c(-c6ccccc6)cccc5-c5ccccc5)c5nccnc54)c3)c3ccccc32)cc1. The molecule has 0 spiro atoms. The fourth-order valence-electron chi connectivity index (χ4n) is 8.89. The van der Waals surface area contributed by atoms with E-state index < -0.39 is 0 Å². The molecule has 0 atom stereocenters. The van der Waals surface area contributed by atoms with Crippen LogP contribution < -0.4 is 19.6 Å². The van der Waals surface area contributed by atoms with Crippen molar-refractivity contribution in [2.45, 2.75) is 0 Å². The summed E-state index contributed by atoms with van der Waals surface area (Å²) in [5.41, 5.74) is 16.1. The smallest absolute Gasteiger partial charge is 0.178 e. The van der Waals surface area contributed by atoms with Gasteiger partial charge in [-0.2, -0.15) is 0 Å². The molecular formula is C54H40N6. The molecule has 0 saturated heterocycles. The second-order valence-electron chi connectivity index (χ2n) is 15.1. The number of fused-ring (bicyclic) bond motifs is 2. The van der Waals surface area contributed by atoms with Crippen molar-refractivity contribution >= 4 is 45.8 Å². The predicted molar refractivity (Wildman–Crippen MR) is 248 cm³/mol. The lowest BCUT2D eigenvalue weighted by Gasteiger charge is -2.28. The molecule has 0 fully saturated rings. The Morgan fingerprint density at radius 3 is 1.12 bits per heavy atom. The second-order valence-corrected chi connectivity index (χ2v) is 15.1. The predicted octanol–water partition coefficient (Wildman–Crippen LogP) is 13.6. The zero-order chi connectivity index (χ0) is 39.8. The molecule has 11 rings (SSSR count). The molecule has 60 heavy (non-hydrogen) atoms. The van der Waals surface area contributed by atoms with E-state index in [9.17, 15) is 0 Å². The highest BCUT2D eigenvalue weighted by molar-refractivity contribution is 6.00. The Morgan fingerprint density at radius 2 is 0.650 bits per heavy atom. The Kier molecular flexibility index (Phi) is 8.86. The average molecular weight is 773 g/mol. The first kappa shape index (κ1) is 35.2. The molecule has 0 aliphatic carbocycles. The minimum Gasteiger partial charge on any atom is -0.321 e. The number of hydrogen-bond acceptors (Lipinski definition) is 6.